The summed E-state index contributed by atoms with van der Waals surface area (Å²) in [6, 6.07) is 7.08. The Labute approximate surface area is 92.1 Å². The van der Waals surface area contributed by atoms with Crippen LogP contribution < -0.4 is 5.73 Å². The second kappa shape index (κ2) is 4.13. The Kier molecular flexibility index (Phi) is 3.79. The molecule has 0 saturated carbocycles. The monoisotopic (exact) mass is 279 g/mol. The van der Waals surface area contributed by atoms with Gasteiger partial charge >= 0.3 is 38.7 Å². The van der Waals surface area contributed by atoms with Gasteiger partial charge in [-0.15, -0.1) is 0 Å². The molecule has 10 heteroatoms. The number of halogens is 6. The number of nitrogens with zero attached hydrogens (tertiary/aromatic N) is 2. The Morgan fingerprint density at radius 1 is 1.00 bits per heavy atom. The number of hydrogen-bond acceptors (Lipinski definition) is 2. The van der Waals surface area contributed by atoms with Crippen molar-refractivity contribution in [2.24, 2.45) is 5.73 Å². The fourth-order valence-corrected chi connectivity index (χ4v) is 0.699. The van der Waals surface area contributed by atoms with Gasteiger partial charge in [0, 0.05) is 18.7 Å². The summed E-state index contributed by atoms with van der Waals surface area (Å²) in [6.07, 6.45) is 0. The molecule has 0 heterocycles. The molecule has 0 fully saturated rings. The topological polar surface area (TPSA) is 54.2 Å². The zero-order valence-electron chi connectivity index (χ0n) is 8.20. The van der Waals surface area contributed by atoms with Crippen molar-refractivity contribution in [1.82, 2.24) is 0 Å². The minimum absolute atomic E-state index is 0.520. The summed E-state index contributed by atoms with van der Waals surface area (Å²) >= 11 is 0. The van der Waals surface area contributed by atoms with Crippen LogP contribution in [0.15, 0.2) is 24.3 Å². The van der Waals surface area contributed by atoms with Gasteiger partial charge in [-0.05, 0) is 17.7 Å². The summed E-state index contributed by atoms with van der Waals surface area (Å²) in [6.45, 7) is 0.520. The van der Waals surface area contributed by atoms with Gasteiger partial charge in [0.05, 0.1) is 0 Å². The van der Waals surface area contributed by atoms with Crippen LogP contribution in [-0.2, 0) is 6.54 Å². The van der Waals surface area contributed by atoms with Crippen molar-refractivity contribution in [2.45, 2.75) is 6.54 Å². The summed E-state index contributed by atoms with van der Waals surface area (Å²) in [7, 11) is -10.7. The minimum Gasteiger partial charge on any atom is -0.326 e. The second-order valence-corrected chi connectivity index (χ2v) is 4.85. The summed E-state index contributed by atoms with van der Waals surface area (Å²) in [5, 5.41) is 8.29. The van der Waals surface area contributed by atoms with Crippen LogP contribution in [0.2, 0.25) is 0 Å². The van der Waals surface area contributed by atoms with Gasteiger partial charge in [0.25, 0.3) is 0 Å². The van der Waals surface area contributed by atoms with Crippen LogP contribution in [0, 0.1) is 5.39 Å². The van der Waals surface area contributed by atoms with Gasteiger partial charge in [0.1, 0.15) is 0 Å². The predicted octanol–water partition coefficient (Wildman–Crippen LogP) is 5.01. The van der Waals surface area contributed by atoms with Crippen LogP contribution in [0.1, 0.15) is 5.56 Å². The molecule has 3 nitrogen and oxygen atoms in total. The molecule has 0 atom stereocenters. The molecule has 0 aliphatic heterocycles. The van der Waals surface area contributed by atoms with Crippen molar-refractivity contribution in [3.63, 3.8) is 0 Å². The van der Waals surface area contributed by atoms with Crippen LogP contribution >= 0.6 is 7.81 Å². The van der Waals surface area contributed by atoms with Crippen molar-refractivity contribution in [3.8, 4) is 0 Å². The molecule has 1 rings (SSSR count). The number of diazo groups is 1. The maximum Gasteiger partial charge on any atom is 0.385 e. The van der Waals surface area contributed by atoms with E-state index in [1.165, 1.54) is 0 Å². The van der Waals surface area contributed by atoms with Gasteiger partial charge in [-0.25, -0.2) is 0 Å². The van der Waals surface area contributed by atoms with Gasteiger partial charge in [0.2, 0.25) is 5.39 Å². The molecule has 0 aromatic heterocycles. The van der Waals surface area contributed by atoms with E-state index in [-0.39, 0.29) is 0 Å². The molecule has 1 aromatic carbocycles. The van der Waals surface area contributed by atoms with E-state index < -0.39 is 7.81 Å². The molecule has 0 radical (unpaired) electrons. The zero-order chi connectivity index (χ0) is 13.8. The maximum atomic E-state index is 9.87. The third kappa shape index (κ3) is 14.6. The van der Waals surface area contributed by atoms with Gasteiger partial charge < -0.3 is 5.73 Å². The molecule has 0 amide bonds. The maximum absolute atomic E-state index is 10.7. The van der Waals surface area contributed by atoms with Crippen molar-refractivity contribution < 1.29 is 25.2 Å². The average Bonchev–Trinajstić information content (AvgIpc) is 2.13. The van der Waals surface area contributed by atoms with Gasteiger partial charge in [-0.3, -0.25) is 0 Å². The molecule has 0 bridgehead atoms. The largest absolute Gasteiger partial charge is 0.385 e. The number of rotatable bonds is 1. The molecule has 1 aromatic rings. The van der Waals surface area contributed by atoms with E-state index in [1.807, 2.05) is 12.1 Å². The molecule has 0 aliphatic carbocycles. The van der Waals surface area contributed by atoms with Gasteiger partial charge in [-0.1, -0.05) is 0 Å². The minimum atomic E-state index is -10.7. The van der Waals surface area contributed by atoms with Crippen LogP contribution in [0.3, 0.4) is 0 Å². The third-order valence-corrected chi connectivity index (χ3v) is 1.29. The van der Waals surface area contributed by atoms with Gasteiger partial charge in [-0.2, -0.15) is 0 Å². The van der Waals surface area contributed by atoms with E-state index in [0.717, 1.165) is 5.56 Å². The second-order valence-electron chi connectivity index (χ2n) is 2.93. The van der Waals surface area contributed by atoms with E-state index >= 15 is 0 Å². The summed E-state index contributed by atoms with van der Waals surface area (Å²) < 4.78 is 59.2. The summed E-state index contributed by atoms with van der Waals surface area (Å²) in [4.78, 5) is 3.01. The van der Waals surface area contributed by atoms with Gasteiger partial charge in [0.15, 0.2) is 4.98 Å². The molecule has 0 spiro atoms. The zero-order valence-corrected chi connectivity index (χ0v) is 9.10. The molecule has 2 N–H and O–H groups in total. The Morgan fingerprint density at radius 2 is 1.35 bits per heavy atom. The number of nitrogens with two attached hydrogens (primary N) is 1. The molecular weight excluding hydrogens is 271 g/mol. The van der Waals surface area contributed by atoms with E-state index in [0.29, 0.717) is 12.2 Å². The third-order valence-electron chi connectivity index (χ3n) is 1.29. The molecule has 98 valence electrons. The first-order valence-corrected chi connectivity index (χ1v) is 6.05. The Bertz CT molecular complexity index is 405. The fourth-order valence-electron chi connectivity index (χ4n) is 0.699. The van der Waals surface area contributed by atoms with Crippen molar-refractivity contribution >= 4 is 13.5 Å². The number of benzene rings is 1. The molecule has 0 aliphatic rings. The van der Waals surface area contributed by atoms with E-state index in [9.17, 15) is 25.2 Å². The standard InChI is InChI=1S/C7H8N3.F6P/c8-5-6-1-3-7(10-9)4-2-6;1-7(2,3,4,5)6/h1-4H,5,8H2;/q+1;-1. The molecule has 0 saturated heterocycles. The average molecular weight is 279 g/mol. The van der Waals surface area contributed by atoms with Crippen LogP contribution in [0.4, 0.5) is 30.9 Å². The quantitative estimate of drug-likeness (QED) is 0.446. The Morgan fingerprint density at radius 3 is 1.59 bits per heavy atom. The first-order valence-electron chi connectivity index (χ1n) is 4.02. The fraction of sp³-hybridized carbons (Fsp3) is 0.143. The molecule has 0 unspecified atom stereocenters. The van der Waals surface area contributed by atoms with Crippen LogP contribution in [0.5, 0.6) is 0 Å². The molecule has 17 heavy (non-hydrogen) atoms. The summed E-state index contributed by atoms with van der Waals surface area (Å²) in [5.41, 5.74) is 6.94. The Hall–Kier alpha value is -1.39. The van der Waals surface area contributed by atoms with Crippen LogP contribution in [-0.4, -0.2) is 0 Å². The smallest absolute Gasteiger partial charge is 0.326 e. The summed E-state index contributed by atoms with van der Waals surface area (Å²) in [5.74, 6) is 0. The normalized spacial score (nSPS) is 14.7. The van der Waals surface area contributed by atoms with Crippen LogP contribution in [0.25, 0.3) is 4.98 Å². The van der Waals surface area contributed by atoms with Crippen molar-refractivity contribution in [3.05, 3.63) is 34.8 Å². The first kappa shape index (κ1) is 15.6. The van der Waals surface area contributed by atoms with Crippen molar-refractivity contribution in [1.29, 1.82) is 5.39 Å². The first-order chi connectivity index (χ1) is 7.31. The van der Waals surface area contributed by atoms with E-state index in [1.54, 1.807) is 12.1 Å². The predicted molar refractivity (Wildman–Crippen MR) is 52.6 cm³/mol. The van der Waals surface area contributed by atoms with E-state index in [2.05, 4.69) is 4.98 Å². The number of hydrogen-bond donors (Lipinski definition) is 1. The SMILES string of the molecule is F[P-](F)(F)(F)(F)F.N#[N+]c1ccc(CN)cc1. The van der Waals surface area contributed by atoms with Crippen molar-refractivity contribution in [2.75, 3.05) is 0 Å². The molecular formula is C7H8F6N3P. The van der Waals surface area contributed by atoms with E-state index in [4.69, 9.17) is 11.1 Å². The Balaban J connectivity index is 0.000000325.